The molecule has 0 spiro atoms. The zero-order valence-electron chi connectivity index (χ0n) is 18.5. The molecule has 2 aromatic carbocycles. The van der Waals surface area contributed by atoms with Gasteiger partial charge in [0.05, 0.1) is 30.5 Å². The normalized spacial score (nSPS) is 12.8. The molecule has 180 valence electrons. The number of carbonyl (C=O) groups excluding carboxylic acids is 1. The lowest BCUT2D eigenvalue weighted by Crippen LogP contribution is -2.20. The molecule has 0 bridgehead atoms. The third kappa shape index (κ3) is 4.41. The first kappa shape index (κ1) is 22.4. The molecule has 3 heterocycles. The maximum Gasteiger partial charge on any atom is 0.262 e. The molecule has 0 radical (unpaired) electrons. The molecule has 4 aromatic rings. The summed E-state index contributed by atoms with van der Waals surface area (Å²) in [4.78, 5) is 15.5. The largest absolute Gasteiger partial charge is 0.492 e. The van der Waals surface area contributed by atoms with Crippen LogP contribution in [0.5, 0.6) is 17.2 Å². The summed E-state index contributed by atoms with van der Waals surface area (Å²) < 4.78 is 51.1. The molecule has 10 nitrogen and oxygen atoms in total. The molecule has 0 atom stereocenters. The number of fused-ring (bicyclic) bond motifs is 2. The fourth-order valence-electron chi connectivity index (χ4n) is 3.78. The number of hydrogen-bond donors (Lipinski definition) is 3. The lowest BCUT2D eigenvalue weighted by atomic mass is 10.1. The Hall–Kier alpha value is -4.38. The summed E-state index contributed by atoms with van der Waals surface area (Å²) in [6, 6.07) is 11.6. The van der Waals surface area contributed by atoms with E-state index in [9.17, 15) is 13.2 Å². The summed E-state index contributed by atoms with van der Waals surface area (Å²) in [5, 5.41) is 3.24. The average molecular weight is 496 g/mol. The van der Waals surface area contributed by atoms with E-state index in [1.807, 2.05) is 0 Å². The van der Waals surface area contributed by atoms with Gasteiger partial charge in [0.25, 0.3) is 10.0 Å². The minimum atomic E-state index is -4.02. The summed E-state index contributed by atoms with van der Waals surface area (Å²) in [7, 11) is -2.60. The van der Waals surface area contributed by atoms with Gasteiger partial charge in [-0.1, -0.05) is 6.07 Å². The number of ether oxygens (including phenoxy) is 3. The molecule has 1 aliphatic heterocycles. The molecule has 11 heteroatoms. The molecule has 5 rings (SSSR count). The minimum absolute atomic E-state index is 0.0443. The Morgan fingerprint density at radius 1 is 1.20 bits per heavy atom. The van der Waals surface area contributed by atoms with E-state index in [2.05, 4.69) is 15.0 Å². The average Bonchev–Trinajstić information content (AvgIpc) is 3.62. The summed E-state index contributed by atoms with van der Waals surface area (Å²) in [6.45, 7) is 0.159. The lowest BCUT2D eigenvalue weighted by Gasteiger charge is -2.16. The number of carbonyl (C=O) groups is 1. The first-order chi connectivity index (χ1) is 17.0. The van der Waals surface area contributed by atoms with Crippen LogP contribution in [0.1, 0.15) is 11.3 Å². The van der Waals surface area contributed by atoms with Crippen LogP contribution in [0.2, 0.25) is 0 Å². The standard InChI is InChI=1S/C24H21N3O7S/c1-31-23-17(7-8-22(28)26-13-15-4-3-11-32-15)19(12-20-24(23)34-14-33-20)27-35(29,30)21-6-2-5-18-16(21)9-10-25-18/h2-12,25,27H,13-14H2,1H3,(H,26,28)/b8-7+. The number of aromatic amines is 1. The molecule has 35 heavy (non-hydrogen) atoms. The second kappa shape index (κ2) is 9.11. The van der Waals surface area contributed by atoms with E-state index in [-0.39, 0.29) is 29.7 Å². The number of amides is 1. The molecule has 2 aromatic heterocycles. The quantitative estimate of drug-likeness (QED) is 0.318. The Bertz CT molecular complexity index is 1520. The van der Waals surface area contributed by atoms with Crippen LogP contribution in [-0.2, 0) is 21.4 Å². The van der Waals surface area contributed by atoms with Gasteiger partial charge in [-0.15, -0.1) is 0 Å². The fourth-order valence-corrected chi connectivity index (χ4v) is 5.07. The predicted molar refractivity (Wildman–Crippen MR) is 128 cm³/mol. The van der Waals surface area contributed by atoms with Crippen molar-refractivity contribution >= 4 is 38.6 Å². The summed E-state index contributed by atoms with van der Waals surface area (Å²) >= 11 is 0. The summed E-state index contributed by atoms with van der Waals surface area (Å²) in [6.07, 6.45) is 5.91. The van der Waals surface area contributed by atoms with Crippen LogP contribution in [-0.4, -0.2) is 33.2 Å². The van der Waals surface area contributed by atoms with Crippen LogP contribution in [0.4, 0.5) is 5.69 Å². The molecule has 3 N–H and O–H groups in total. The predicted octanol–water partition coefficient (Wildman–Crippen LogP) is 3.63. The number of methoxy groups -OCH3 is 1. The van der Waals surface area contributed by atoms with Gasteiger partial charge in [-0.25, -0.2) is 8.42 Å². The van der Waals surface area contributed by atoms with E-state index in [0.717, 1.165) is 0 Å². The van der Waals surface area contributed by atoms with Gasteiger partial charge in [0.1, 0.15) is 5.76 Å². The van der Waals surface area contributed by atoms with Gasteiger partial charge in [-0.2, -0.15) is 0 Å². The maximum atomic E-state index is 13.4. The van der Waals surface area contributed by atoms with Crippen molar-refractivity contribution in [1.29, 1.82) is 0 Å². The first-order valence-electron chi connectivity index (χ1n) is 10.5. The van der Waals surface area contributed by atoms with Crippen molar-refractivity contribution in [3.8, 4) is 17.2 Å². The highest BCUT2D eigenvalue weighted by Crippen LogP contribution is 2.48. The molecule has 1 aliphatic rings. The van der Waals surface area contributed by atoms with Crippen molar-refractivity contribution in [3.05, 3.63) is 72.3 Å². The van der Waals surface area contributed by atoms with Crippen molar-refractivity contribution in [2.75, 3.05) is 18.6 Å². The Balaban J connectivity index is 1.50. The number of rotatable bonds is 8. The van der Waals surface area contributed by atoms with Crippen LogP contribution < -0.4 is 24.2 Å². The van der Waals surface area contributed by atoms with Crippen LogP contribution >= 0.6 is 0 Å². The van der Waals surface area contributed by atoms with Gasteiger partial charge in [0.2, 0.25) is 18.4 Å². The molecule has 0 fully saturated rings. The van der Waals surface area contributed by atoms with E-state index >= 15 is 0 Å². The monoisotopic (exact) mass is 495 g/mol. The van der Waals surface area contributed by atoms with E-state index in [1.165, 1.54) is 37.7 Å². The third-order valence-electron chi connectivity index (χ3n) is 5.37. The van der Waals surface area contributed by atoms with Gasteiger partial charge < -0.3 is 28.9 Å². The highest BCUT2D eigenvalue weighted by atomic mass is 32.2. The number of sulfonamides is 1. The van der Waals surface area contributed by atoms with E-state index < -0.39 is 15.9 Å². The van der Waals surface area contributed by atoms with Gasteiger partial charge in [0.15, 0.2) is 11.5 Å². The highest BCUT2D eigenvalue weighted by Gasteiger charge is 2.27. The van der Waals surface area contributed by atoms with Gasteiger partial charge in [-0.3, -0.25) is 9.52 Å². The van der Waals surface area contributed by atoms with E-state index in [4.69, 9.17) is 18.6 Å². The number of anilines is 1. The summed E-state index contributed by atoms with van der Waals surface area (Å²) in [5.74, 6) is 1.05. The number of furan rings is 1. The topological polar surface area (TPSA) is 132 Å². The van der Waals surface area contributed by atoms with Gasteiger partial charge in [-0.05, 0) is 36.4 Å². The molecular formula is C24H21N3O7S. The SMILES string of the molecule is COc1c(/C=C/C(=O)NCc2ccco2)c(NS(=O)(=O)c2cccc3[nH]ccc23)cc2c1OCO2. The Morgan fingerprint density at radius 2 is 2.09 bits per heavy atom. The van der Waals surface area contributed by atoms with Gasteiger partial charge >= 0.3 is 0 Å². The molecule has 0 saturated heterocycles. The van der Waals surface area contributed by atoms with Crippen molar-refractivity contribution in [2.24, 2.45) is 0 Å². The van der Waals surface area contributed by atoms with E-state index in [0.29, 0.717) is 33.7 Å². The number of nitrogens with one attached hydrogen (secondary N) is 3. The summed E-state index contributed by atoms with van der Waals surface area (Å²) in [5.41, 5.74) is 1.15. The van der Waals surface area contributed by atoms with Gasteiger partial charge in [0, 0.05) is 34.8 Å². The maximum absolute atomic E-state index is 13.4. The van der Waals surface area contributed by atoms with Crippen molar-refractivity contribution in [3.63, 3.8) is 0 Å². The second-order valence-corrected chi connectivity index (χ2v) is 9.19. The molecule has 0 aliphatic carbocycles. The highest BCUT2D eigenvalue weighted by molar-refractivity contribution is 7.93. The second-order valence-electron chi connectivity index (χ2n) is 7.54. The van der Waals surface area contributed by atoms with E-state index in [1.54, 1.807) is 36.5 Å². The molecule has 0 saturated carbocycles. The molecular weight excluding hydrogens is 474 g/mol. The van der Waals surface area contributed by atoms with Crippen molar-refractivity contribution < 1.29 is 31.8 Å². The molecule has 1 amide bonds. The van der Waals surface area contributed by atoms with Crippen LogP contribution in [0.3, 0.4) is 0 Å². The third-order valence-corrected chi connectivity index (χ3v) is 6.79. The van der Waals surface area contributed by atoms with Crippen LogP contribution in [0, 0.1) is 0 Å². The molecule has 0 unspecified atom stereocenters. The van der Waals surface area contributed by atoms with Crippen LogP contribution in [0.15, 0.2) is 70.3 Å². The smallest absolute Gasteiger partial charge is 0.262 e. The number of hydrogen-bond acceptors (Lipinski definition) is 7. The zero-order chi connectivity index (χ0) is 24.4. The Kier molecular flexibility index (Phi) is 5.83. The first-order valence-corrected chi connectivity index (χ1v) is 12.0. The zero-order valence-corrected chi connectivity index (χ0v) is 19.3. The lowest BCUT2D eigenvalue weighted by molar-refractivity contribution is -0.116. The fraction of sp³-hybridized carbons (Fsp3) is 0.125. The Labute approximate surface area is 200 Å². The van der Waals surface area contributed by atoms with Crippen molar-refractivity contribution in [1.82, 2.24) is 10.3 Å². The Morgan fingerprint density at radius 3 is 2.89 bits per heavy atom. The minimum Gasteiger partial charge on any atom is -0.492 e. The number of H-pyrrole nitrogens is 1. The number of aromatic nitrogens is 1. The number of benzene rings is 2. The van der Waals surface area contributed by atoms with Crippen molar-refractivity contribution in [2.45, 2.75) is 11.4 Å². The van der Waals surface area contributed by atoms with Crippen LogP contribution in [0.25, 0.3) is 17.0 Å².